The normalized spacial score (nSPS) is 11.0. The molecule has 0 saturated heterocycles. The Balaban J connectivity index is 1.69. The molecular formula is C19H15N5O3S. The monoisotopic (exact) mass is 393 g/mol. The van der Waals surface area contributed by atoms with E-state index in [2.05, 4.69) is 26.8 Å². The van der Waals surface area contributed by atoms with Crippen LogP contribution in [0.2, 0.25) is 0 Å². The van der Waals surface area contributed by atoms with Gasteiger partial charge in [0.15, 0.2) is 4.77 Å². The fraction of sp³-hybridized carbons (Fsp3) is 0.0526. The smallest absolute Gasteiger partial charge is 0.323 e. The molecule has 2 heterocycles. The third-order valence-corrected chi connectivity index (χ3v) is 4.65. The fourth-order valence-electron chi connectivity index (χ4n) is 3.00. The van der Waals surface area contributed by atoms with E-state index in [1.54, 1.807) is 42.5 Å². The van der Waals surface area contributed by atoms with Gasteiger partial charge in [0.2, 0.25) is 0 Å². The van der Waals surface area contributed by atoms with Gasteiger partial charge in [0.25, 0.3) is 11.5 Å². The third-order valence-electron chi connectivity index (χ3n) is 4.33. The van der Waals surface area contributed by atoms with Crippen molar-refractivity contribution in [3.8, 4) is 0 Å². The Morgan fingerprint density at radius 2 is 1.86 bits per heavy atom. The van der Waals surface area contributed by atoms with Gasteiger partial charge in [-0.05, 0) is 48.6 Å². The van der Waals surface area contributed by atoms with Crippen molar-refractivity contribution < 1.29 is 4.79 Å². The molecule has 2 aromatic carbocycles. The molecule has 0 saturated carbocycles. The highest BCUT2D eigenvalue weighted by Gasteiger charge is 2.11. The number of aromatic amines is 3. The van der Waals surface area contributed by atoms with Crippen molar-refractivity contribution in [2.75, 3.05) is 5.32 Å². The lowest BCUT2D eigenvalue weighted by molar-refractivity contribution is 0.102. The number of allylic oxidation sites excluding steroid dienone is 1. The lowest BCUT2D eigenvalue weighted by Gasteiger charge is -2.08. The minimum Gasteiger partial charge on any atom is -0.332 e. The fourth-order valence-corrected chi connectivity index (χ4v) is 3.27. The highest BCUT2D eigenvalue weighted by atomic mass is 32.1. The van der Waals surface area contributed by atoms with Crippen molar-refractivity contribution in [3.63, 3.8) is 0 Å². The Kier molecular flexibility index (Phi) is 4.28. The van der Waals surface area contributed by atoms with Crippen LogP contribution in [0.5, 0.6) is 0 Å². The number of hydrogen-bond donors (Lipinski definition) is 4. The average Bonchev–Trinajstić information content (AvgIpc) is 3.04. The highest BCUT2D eigenvalue weighted by Crippen LogP contribution is 2.17. The molecule has 28 heavy (non-hydrogen) atoms. The van der Waals surface area contributed by atoms with E-state index in [1.807, 2.05) is 0 Å². The number of imidazole rings is 1. The molecule has 1 amide bonds. The predicted molar refractivity (Wildman–Crippen MR) is 110 cm³/mol. The van der Waals surface area contributed by atoms with Crippen molar-refractivity contribution >= 4 is 45.7 Å². The Morgan fingerprint density at radius 3 is 2.64 bits per heavy atom. The second-order valence-electron chi connectivity index (χ2n) is 6.19. The average molecular weight is 393 g/mol. The first-order chi connectivity index (χ1) is 13.5. The summed E-state index contributed by atoms with van der Waals surface area (Å²) in [5.74, 6) is -0.353. The van der Waals surface area contributed by atoms with Gasteiger partial charge in [-0.25, -0.2) is 4.79 Å². The maximum absolute atomic E-state index is 12.6. The summed E-state index contributed by atoms with van der Waals surface area (Å²) < 4.78 is 1.66. The van der Waals surface area contributed by atoms with Crippen LogP contribution < -0.4 is 16.6 Å². The van der Waals surface area contributed by atoms with Gasteiger partial charge in [-0.1, -0.05) is 6.08 Å². The highest BCUT2D eigenvalue weighted by molar-refractivity contribution is 7.71. The summed E-state index contributed by atoms with van der Waals surface area (Å²) in [7, 11) is 0. The van der Waals surface area contributed by atoms with Crippen LogP contribution in [0.3, 0.4) is 0 Å². The van der Waals surface area contributed by atoms with Crippen LogP contribution in [0, 0.1) is 4.77 Å². The molecule has 4 rings (SSSR count). The molecule has 140 valence electrons. The first-order valence-electron chi connectivity index (χ1n) is 8.37. The van der Waals surface area contributed by atoms with Crippen LogP contribution in [0.1, 0.15) is 10.4 Å². The van der Waals surface area contributed by atoms with Gasteiger partial charge < -0.3 is 20.3 Å². The van der Waals surface area contributed by atoms with Gasteiger partial charge in [0, 0.05) is 17.8 Å². The van der Waals surface area contributed by atoms with Crippen LogP contribution >= 0.6 is 12.2 Å². The number of carbonyl (C=O) groups excluding carboxylic acids is 1. The SMILES string of the molecule is C=CCn1c(=S)[nH]c2cc(C(=O)Nc3ccc4[nH]c(=O)[nH]c4c3)ccc2c1=O. The molecule has 0 aliphatic heterocycles. The molecule has 0 spiro atoms. The van der Waals surface area contributed by atoms with Gasteiger partial charge in [-0.15, -0.1) is 6.58 Å². The second kappa shape index (κ2) is 6.78. The Labute approximate surface area is 162 Å². The van der Waals surface area contributed by atoms with Gasteiger partial charge >= 0.3 is 5.69 Å². The minimum atomic E-state index is -0.353. The number of aromatic nitrogens is 4. The summed E-state index contributed by atoms with van der Waals surface area (Å²) in [6, 6.07) is 9.79. The molecule has 0 radical (unpaired) electrons. The van der Waals surface area contributed by atoms with Crippen LogP contribution in [0.15, 0.2) is 58.6 Å². The maximum Gasteiger partial charge on any atom is 0.323 e. The Hall–Kier alpha value is -3.72. The number of amides is 1. The number of nitrogens with zero attached hydrogens (tertiary/aromatic N) is 1. The van der Waals surface area contributed by atoms with Crippen LogP contribution in [-0.2, 0) is 6.54 Å². The number of anilines is 1. The van der Waals surface area contributed by atoms with Crippen molar-refractivity contribution in [2.45, 2.75) is 6.54 Å². The molecular weight excluding hydrogens is 378 g/mol. The molecule has 0 atom stereocenters. The lowest BCUT2D eigenvalue weighted by Crippen LogP contribution is -2.22. The largest absolute Gasteiger partial charge is 0.332 e. The van der Waals surface area contributed by atoms with Gasteiger partial charge in [-0.2, -0.15) is 0 Å². The molecule has 8 nitrogen and oxygen atoms in total. The summed E-state index contributed by atoms with van der Waals surface area (Å²) in [6.45, 7) is 3.92. The number of benzene rings is 2. The molecule has 2 aromatic heterocycles. The third kappa shape index (κ3) is 3.08. The molecule has 0 aliphatic rings. The lowest BCUT2D eigenvalue weighted by atomic mass is 10.1. The van der Waals surface area contributed by atoms with Crippen LogP contribution in [0.25, 0.3) is 21.9 Å². The molecule has 9 heteroatoms. The topological polar surface area (TPSA) is 116 Å². The zero-order valence-corrected chi connectivity index (χ0v) is 15.4. The van der Waals surface area contributed by atoms with Gasteiger partial charge in [0.1, 0.15) is 0 Å². The zero-order chi connectivity index (χ0) is 19.8. The van der Waals surface area contributed by atoms with Crippen molar-refractivity contribution in [3.05, 3.63) is 80.2 Å². The van der Waals surface area contributed by atoms with E-state index >= 15 is 0 Å². The number of fused-ring (bicyclic) bond motifs is 2. The number of H-pyrrole nitrogens is 3. The molecule has 4 N–H and O–H groups in total. The van der Waals surface area contributed by atoms with Gasteiger partial charge in [-0.3, -0.25) is 14.2 Å². The Bertz CT molecular complexity index is 1420. The predicted octanol–water partition coefficient (Wildman–Crippen LogP) is 2.67. The molecule has 0 fully saturated rings. The standard InChI is InChI=1S/C19H15N5O3S/c1-2-7-24-17(26)12-5-3-10(8-14(12)23-19(24)28)16(25)20-11-4-6-13-15(9-11)22-18(27)21-13/h2-6,8-9H,1,7H2,(H,20,25)(H,23,28)(H2,21,22,27). The van der Waals surface area contributed by atoms with E-state index in [0.29, 0.717) is 39.7 Å². The summed E-state index contributed by atoms with van der Waals surface area (Å²) in [5, 5.41) is 3.20. The molecule has 0 unspecified atom stereocenters. The van der Waals surface area contributed by atoms with E-state index in [9.17, 15) is 14.4 Å². The number of carbonyl (C=O) groups is 1. The van der Waals surface area contributed by atoms with Crippen LogP contribution in [-0.4, -0.2) is 25.4 Å². The molecule has 0 bridgehead atoms. The van der Waals surface area contributed by atoms with Crippen molar-refractivity contribution in [1.29, 1.82) is 0 Å². The van der Waals surface area contributed by atoms with E-state index in [0.717, 1.165) is 0 Å². The number of nitrogens with one attached hydrogen (secondary N) is 4. The van der Waals surface area contributed by atoms with E-state index < -0.39 is 0 Å². The first-order valence-corrected chi connectivity index (χ1v) is 8.78. The quantitative estimate of drug-likeness (QED) is 0.315. The zero-order valence-electron chi connectivity index (χ0n) is 14.5. The summed E-state index contributed by atoms with van der Waals surface area (Å²) in [6.07, 6.45) is 1.59. The number of hydrogen-bond acceptors (Lipinski definition) is 4. The first kappa shape index (κ1) is 17.7. The maximum atomic E-state index is 12.6. The molecule has 0 aliphatic carbocycles. The van der Waals surface area contributed by atoms with Crippen molar-refractivity contribution in [2.24, 2.45) is 0 Å². The summed E-state index contributed by atoms with van der Waals surface area (Å²) in [5.41, 5.74) is 2.06. The number of rotatable bonds is 4. The van der Waals surface area contributed by atoms with Crippen LogP contribution in [0.4, 0.5) is 5.69 Å². The summed E-state index contributed by atoms with van der Waals surface area (Å²) in [4.78, 5) is 44.7. The second-order valence-corrected chi connectivity index (χ2v) is 6.58. The molecule has 4 aromatic rings. The van der Waals surface area contributed by atoms with E-state index in [4.69, 9.17) is 12.2 Å². The van der Waals surface area contributed by atoms with Crippen molar-refractivity contribution in [1.82, 2.24) is 19.5 Å². The minimum absolute atomic E-state index is 0.243. The van der Waals surface area contributed by atoms with E-state index in [1.165, 1.54) is 4.57 Å². The summed E-state index contributed by atoms with van der Waals surface area (Å²) >= 11 is 5.22. The Morgan fingerprint density at radius 1 is 1.07 bits per heavy atom. The van der Waals surface area contributed by atoms with E-state index in [-0.39, 0.29) is 21.9 Å². The van der Waals surface area contributed by atoms with Gasteiger partial charge in [0.05, 0.1) is 21.9 Å².